The van der Waals surface area contributed by atoms with Crippen molar-refractivity contribution >= 4 is 15.9 Å². The highest BCUT2D eigenvalue weighted by Crippen LogP contribution is 2.27. The third kappa shape index (κ3) is 4.20. The summed E-state index contributed by atoms with van der Waals surface area (Å²) in [7, 11) is -3.58. The van der Waals surface area contributed by atoms with Crippen LogP contribution in [-0.4, -0.2) is 56.3 Å². The van der Waals surface area contributed by atoms with Gasteiger partial charge in [-0.25, -0.2) is 8.42 Å². The molecule has 1 aromatic rings. The number of likely N-dealkylation sites (tertiary alicyclic amines) is 1. The molecule has 3 rings (SSSR count). The van der Waals surface area contributed by atoms with Crippen molar-refractivity contribution in [3.05, 3.63) is 24.3 Å². The minimum Gasteiger partial charge on any atom is -0.494 e. The lowest BCUT2D eigenvalue weighted by Crippen LogP contribution is -2.47. The predicted molar refractivity (Wildman–Crippen MR) is 99.5 cm³/mol. The summed E-state index contributed by atoms with van der Waals surface area (Å²) in [6, 6.07) is 6.51. The van der Waals surface area contributed by atoms with E-state index in [9.17, 15) is 13.2 Å². The standard InChI is InChI=1S/C19H28N2O4S/c1-2-25-17-8-10-18(11-9-17)26(23,24)21-14-6-7-16(15-21)19(22)20-12-4-3-5-13-20/h8-11,16H,2-7,12-15H2,1H3/t16-/m0/s1. The largest absolute Gasteiger partial charge is 0.494 e. The van der Waals surface area contributed by atoms with E-state index in [1.807, 2.05) is 11.8 Å². The van der Waals surface area contributed by atoms with Crippen LogP contribution in [0.3, 0.4) is 0 Å². The van der Waals surface area contributed by atoms with Gasteiger partial charge >= 0.3 is 0 Å². The van der Waals surface area contributed by atoms with Crippen LogP contribution in [0.4, 0.5) is 0 Å². The van der Waals surface area contributed by atoms with Gasteiger partial charge in [0.05, 0.1) is 17.4 Å². The van der Waals surface area contributed by atoms with Gasteiger partial charge in [0, 0.05) is 26.2 Å². The lowest BCUT2D eigenvalue weighted by Gasteiger charge is -2.35. The zero-order valence-corrected chi connectivity index (χ0v) is 16.2. The van der Waals surface area contributed by atoms with Gasteiger partial charge in [0.15, 0.2) is 0 Å². The quantitative estimate of drug-likeness (QED) is 0.787. The Labute approximate surface area is 156 Å². The third-order valence-corrected chi connectivity index (χ3v) is 7.05. The smallest absolute Gasteiger partial charge is 0.243 e. The van der Waals surface area contributed by atoms with Crippen LogP contribution in [0, 0.1) is 5.92 Å². The Kier molecular flexibility index (Phi) is 6.19. The highest BCUT2D eigenvalue weighted by Gasteiger charge is 2.35. The molecular formula is C19H28N2O4S. The topological polar surface area (TPSA) is 66.9 Å². The summed E-state index contributed by atoms with van der Waals surface area (Å²) in [5.74, 6) is 0.555. The molecule has 1 amide bonds. The molecule has 0 saturated carbocycles. The van der Waals surface area contributed by atoms with Crippen molar-refractivity contribution in [3.63, 3.8) is 0 Å². The highest BCUT2D eigenvalue weighted by molar-refractivity contribution is 7.89. The second kappa shape index (κ2) is 8.39. The molecule has 0 unspecified atom stereocenters. The average Bonchev–Trinajstić information content (AvgIpc) is 2.69. The van der Waals surface area contributed by atoms with E-state index >= 15 is 0 Å². The summed E-state index contributed by atoms with van der Waals surface area (Å²) in [4.78, 5) is 14.9. The van der Waals surface area contributed by atoms with Gasteiger partial charge < -0.3 is 9.64 Å². The van der Waals surface area contributed by atoms with E-state index in [2.05, 4.69) is 0 Å². The summed E-state index contributed by atoms with van der Waals surface area (Å²) in [6.45, 7) is 4.79. The highest BCUT2D eigenvalue weighted by atomic mass is 32.2. The van der Waals surface area contributed by atoms with E-state index in [-0.39, 0.29) is 23.3 Å². The summed E-state index contributed by atoms with van der Waals surface area (Å²) >= 11 is 0. The maximum Gasteiger partial charge on any atom is 0.243 e. The van der Waals surface area contributed by atoms with Gasteiger partial charge in [0.25, 0.3) is 0 Å². The Morgan fingerprint density at radius 1 is 1.08 bits per heavy atom. The molecule has 2 fully saturated rings. The SMILES string of the molecule is CCOc1ccc(S(=O)(=O)N2CCC[C@H](C(=O)N3CCCCC3)C2)cc1. The second-order valence-corrected chi connectivity index (χ2v) is 8.93. The number of carbonyl (C=O) groups is 1. The van der Waals surface area contributed by atoms with E-state index in [4.69, 9.17) is 4.74 Å². The molecule has 1 atom stereocenters. The first-order valence-corrected chi connectivity index (χ1v) is 11.0. The fourth-order valence-electron chi connectivity index (χ4n) is 3.76. The Hall–Kier alpha value is -1.60. The first-order valence-electron chi connectivity index (χ1n) is 9.54. The van der Waals surface area contributed by atoms with Crippen LogP contribution in [-0.2, 0) is 14.8 Å². The molecule has 0 aromatic heterocycles. The zero-order chi connectivity index (χ0) is 18.6. The van der Waals surface area contributed by atoms with Crippen LogP contribution in [0.5, 0.6) is 5.75 Å². The predicted octanol–water partition coefficient (Wildman–Crippen LogP) is 2.50. The molecule has 6 nitrogen and oxygen atoms in total. The number of nitrogens with zero attached hydrogens (tertiary/aromatic N) is 2. The molecule has 2 heterocycles. The maximum atomic E-state index is 13.0. The minimum absolute atomic E-state index is 0.122. The van der Waals surface area contributed by atoms with Gasteiger partial charge in [-0.3, -0.25) is 4.79 Å². The molecule has 7 heteroatoms. The molecule has 1 aromatic carbocycles. The van der Waals surface area contributed by atoms with E-state index < -0.39 is 10.0 Å². The van der Waals surface area contributed by atoms with Crippen LogP contribution in [0.15, 0.2) is 29.2 Å². The second-order valence-electron chi connectivity index (χ2n) is 6.99. The van der Waals surface area contributed by atoms with Crippen molar-refractivity contribution in [2.45, 2.75) is 43.9 Å². The van der Waals surface area contributed by atoms with Crippen molar-refractivity contribution in [2.24, 2.45) is 5.92 Å². The lowest BCUT2D eigenvalue weighted by molar-refractivity contribution is -0.137. The average molecular weight is 381 g/mol. The number of hydrogen-bond donors (Lipinski definition) is 0. The minimum atomic E-state index is -3.58. The Bertz CT molecular complexity index is 712. The number of amides is 1. The molecule has 2 aliphatic heterocycles. The van der Waals surface area contributed by atoms with E-state index in [0.29, 0.717) is 18.9 Å². The van der Waals surface area contributed by atoms with Crippen molar-refractivity contribution in [3.8, 4) is 5.75 Å². The summed E-state index contributed by atoms with van der Waals surface area (Å²) in [6.07, 6.45) is 4.76. The Morgan fingerprint density at radius 2 is 1.77 bits per heavy atom. The monoisotopic (exact) mass is 380 g/mol. The molecule has 144 valence electrons. The number of ether oxygens (including phenoxy) is 1. The molecule has 0 bridgehead atoms. The first-order chi connectivity index (χ1) is 12.5. The number of rotatable bonds is 5. The molecule has 2 saturated heterocycles. The molecule has 0 N–H and O–H groups in total. The van der Waals surface area contributed by atoms with Crippen molar-refractivity contribution in [1.82, 2.24) is 9.21 Å². The summed E-state index contributed by atoms with van der Waals surface area (Å²) in [5, 5.41) is 0. The molecular weight excluding hydrogens is 352 g/mol. The summed E-state index contributed by atoms with van der Waals surface area (Å²) in [5.41, 5.74) is 0. The summed E-state index contributed by atoms with van der Waals surface area (Å²) < 4.78 is 32.8. The van der Waals surface area contributed by atoms with Gasteiger partial charge in [-0.15, -0.1) is 0 Å². The number of sulfonamides is 1. The third-order valence-electron chi connectivity index (χ3n) is 5.17. The zero-order valence-electron chi connectivity index (χ0n) is 15.4. The van der Waals surface area contributed by atoms with Crippen molar-refractivity contribution < 1.29 is 17.9 Å². The molecule has 0 radical (unpaired) electrons. The molecule has 0 spiro atoms. The Morgan fingerprint density at radius 3 is 2.42 bits per heavy atom. The fourth-order valence-corrected chi connectivity index (χ4v) is 5.28. The molecule has 26 heavy (non-hydrogen) atoms. The van der Waals surface area contributed by atoms with Gasteiger partial charge in [-0.1, -0.05) is 0 Å². The van der Waals surface area contributed by atoms with Crippen LogP contribution in [0.25, 0.3) is 0 Å². The number of piperidine rings is 2. The van der Waals surface area contributed by atoms with Crippen molar-refractivity contribution in [2.75, 3.05) is 32.8 Å². The Balaban J connectivity index is 1.70. The van der Waals surface area contributed by atoms with E-state index in [0.717, 1.165) is 38.8 Å². The number of benzene rings is 1. The van der Waals surface area contributed by atoms with Gasteiger partial charge in [0.1, 0.15) is 5.75 Å². The first kappa shape index (κ1) is 19.2. The van der Waals surface area contributed by atoms with E-state index in [1.54, 1.807) is 24.3 Å². The van der Waals surface area contributed by atoms with Crippen LogP contribution >= 0.6 is 0 Å². The molecule has 0 aliphatic carbocycles. The van der Waals surface area contributed by atoms with Crippen molar-refractivity contribution in [1.29, 1.82) is 0 Å². The fraction of sp³-hybridized carbons (Fsp3) is 0.632. The normalized spacial score (nSPS) is 22.2. The van der Waals surface area contributed by atoms with Crippen LogP contribution in [0.2, 0.25) is 0 Å². The van der Waals surface area contributed by atoms with Gasteiger partial charge in [0.2, 0.25) is 15.9 Å². The molecule has 2 aliphatic rings. The van der Waals surface area contributed by atoms with Crippen LogP contribution < -0.4 is 4.74 Å². The number of hydrogen-bond acceptors (Lipinski definition) is 4. The lowest BCUT2D eigenvalue weighted by atomic mass is 9.97. The van der Waals surface area contributed by atoms with Gasteiger partial charge in [-0.05, 0) is 63.3 Å². The van der Waals surface area contributed by atoms with E-state index in [1.165, 1.54) is 10.7 Å². The van der Waals surface area contributed by atoms with Gasteiger partial charge in [-0.2, -0.15) is 4.31 Å². The number of carbonyl (C=O) groups excluding carboxylic acids is 1. The maximum absolute atomic E-state index is 13.0. The van der Waals surface area contributed by atoms with Crippen LogP contribution in [0.1, 0.15) is 39.0 Å².